The van der Waals surface area contributed by atoms with Gasteiger partial charge >= 0.3 is 5.69 Å². The predicted octanol–water partition coefficient (Wildman–Crippen LogP) is 1.86. The second-order valence-electron chi connectivity index (χ2n) is 6.18. The topological polar surface area (TPSA) is 89.0 Å². The summed E-state index contributed by atoms with van der Waals surface area (Å²) in [5.74, 6) is 0.132. The first-order chi connectivity index (χ1) is 12.6. The number of fused-ring (bicyclic) bond motifs is 1. The van der Waals surface area contributed by atoms with Crippen LogP contribution in [-0.2, 0) is 0 Å². The molecule has 1 aliphatic heterocycles. The molecule has 26 heavy (non-hydrogen) atoms. The first-order valence-corrected chi connectivity index (χ1v) is 8.78. The lowest BCUT2D eigenvalue weighted by Crippen LogP contribution is -2.31. The summed E-state index contributed by atoms with van der Waals surface area (Å²) in [6.07, 6.45) is 2.09. The minimum absolute atomic E-state index is 0.132. The van der Waals surface area contributed by atoms with Crippen molar-refractivity contribution in [3.05, 3.63) is 62.4 Å². The van der Waals surface area contributed by atoms with Gasteiger partial charge in [0, 0.05) is 12.1 Å². The average Bonchev–Trinajstić information content (AvgIpc) is 3.13. The summed E-state index contributed by atoms with van der Waals surface area (Å²) in [4.78, 5) is 31.4. The van der Waals surface area contributed by atoms with E-state index in [0.717, 1.165) is 19.4 Å². The minimum atomic E-state index is -0.546. The number of ether oxygens (including phenoxy) is 1. The monoisotopic (exact) mass is 372 g/mol. The lowest BCUT2D eigenvalue weighted by Gasteiger charge is -2.15. The Morgan fingerprint density at radius 2 is 2.08 bits per heavy atom. The van der Waals surface area contributed by atoms with E-state index in [-0.39, 0.29) is 22.5 Å². The van der Waals surface area contributed by atoms with E-state index in [0.29, 0.717) is 17.8 Å². The highest BCUT2D eigenvalue weighted by Gasteiger charge is 2.19. The molecule has 0 unspecified atom stereocenters. The summed E-state index contributed by atoms with van der Waals surface area (Å²) in [7, 11) is 0. The van der Waals surface area contributed by atoms with Crippen LogP contribution in [0.1, 0.15) is 12.8 Å². The molecular weight excluding hydrogens is 356 g/mol. The maximum Gasteiger partial charge on any atom is 0.333 e. The largest absolute Gasteiger partial charge is 0.475 e. The Morgan fingerprint density at radius 1 is 1.27 bits per heavy atom. The summed E-state index contributed by atoms with van der Waals surface area (Å²) in [5, 5.41) is 3.68. The van der Waals surface area contributed by atoms with Crippen LogP contribution in [0.5, 0.6) is 5.88 Å². The van der Waals surface area contributed by atoms with E-state index in [1.54, 1.807) is 12.1 Å². The highest BCUT2D eigenvalue weighted by atomic mass is 35.5. The molecule has 3 aromatic rings. The van der Waals surface area contributed by atoms with E-state index < -0.39 is 11.2 Å². The highest BCUT2D eigenvalue weighted by molar-refractivity contribution is 6.30. The van der Waals surface area contributed by atoms with Crippen molar-refractivity contribution in [1.82, 2.24) is 19.9 Å². The average molecular weight is 373 g/mol. The van der Waals surface area contributed by atoms with Crippen molar-refractivity contribution in [3.63, 3.8) is 0 Å². The van der Waals surface area contributed by atoms with Gasteiger partial charge in [-0.15, -0.1) is 0 Å². The van der Waals surface area contributed by atoms with Crippen LogP contribution in [0.2, 0.25) is 5.15 Å². The van der Waals surface area contributed by atoms with Gasteiger partial charge in [-0.05, 0) is 31.5 Å². The Hall–Kier alpha value is -2.64. The summed E-state index contributed by atoms with van der Waals surface area (Å²) >= 11 is 6.15. The molecule has 0 amide bonds. The Kier molecular flexibility index (Phi) is 4.48. The maximum atomic E-state index is 12.5. The summed E-state index contributed by atoms with van der Waals surface area (Å²) in [6, 6.07) is 10.7. The molecule has 1 atom stereocenters. The fourth-order valence-corrected chi connectivity index (χ4v) is 3.39. The smallest absolute Gasteiger partial charge is 0.333 e. The molecule has 1 aromatic carbocycles. The zero-order valence-electron chi connectivity index (χ0n) is 13.9. The van der Waals surface area contributed by atoms with Crippen molar-refractivity contribution < 1.29 is 4.74 Å². The number of hydrogen-bond donors (Lipinski definition) is 2. The van der Waals surface area contributed by atoms with Gasteiger partial charge in [0.15, 0.2) is 0 Å². The number of rotatable bonds is 4. The Balaban J connectivity index is 1.88. The Bertz CT molecular complexity index is 1060. The Morgan fingerprint density at radius 3 is 2.81 bits per heavy atom. The van der Waals surface area contributed by atoms with Gasteiger partial charge in [-0.1, -0.05) is 29.8 Å². The lowest BCUT2D eigenvalue weighted by atomic mass is 10.2. The second kappa shape index (κ2) is 6.93. The number of aromatic nitrogens is 3. The van der Waals surface area contributed by atoms with Crippen molar-refractivity contribution in [2.75, 3.05) is 13.2 Å². The van der Waals surface area contributed by atoms with Crippen molar-refractivity contribution in [3.8, 4) is 11.6 Å². The van der Waals surface area contributed by atoms with Crippen molar-refractivity contribution in [1.29, 1.82) is 0 Å². The molecule has 8 heteroatoms. The third-order valence-electron chi connectivity index (χ3n) is 4.42. The number of hydrogen-bond acceptors (Lipinski definition) is 5. The zero-order valence-corrected chi connectivity index (χ0v) is 14.6. The van der Waals surface area contributed by atoms with E-state index >= 15 is 0 Å². The first kappa shape index (κ1) is 16.8. The number of H-pyrrole nitrogens is 1. The van der Waals surface area contributed by atoms with Gasteiger partial charge < -0.3 is 10.1 Å². The number of para-hydroxylation sites is 1. The number of benzene rings is 1. The van der Waals surface area contributed by atoms with Gasteiger partial charge in [0.25, 0.3) is 5.56 Å². The molecule has 134 valence electrons. The summed E-state index contributed by atoms with van der Waals surface area (Å²) in [6.45, 7) is 1.33. The van der Waals surface area contributed by atoms with Gasteiger partial charge in [0.05, 0.1) is 11.2 Å². The minimum Gasteiger partial charge on any atom is -0.475 e. The number of aromatic amines is 1. The molecule has 2 N–H and O–H groups in total. The van der Waals surface area contributed by atoms with Crippen LogP contribution in [-0.4, -0.2) is 33.7 Å². The van der Waals surface area contributed by atoms with Gasteiger partial charge in [-0.3, -0.25) is 14.3 Å². The quantitative estimate of drug-likeness (QED) is 0.682. The molecule has 0 bridgehead atoms. The van der Waals surface area contributed by atoms with Crippen LogP contribution >= 0.6 is 11.6 Å². The number of nitrogens with one attached hydrogen (secondary N) is 2. The van der Waals surface area contributed by atoms with Crippen molar-refractivity contribution in [2.45, 2.75) is 18.9 Å². The predicted molar refractivity (Wildman–Crippen MR) is 99.5 cm³/mol. The lowest BCUT2D eigenvalue weighted by molar-refractivity contribution is 0.270. The molecule has 0 saturated carbocycles. The van der Waals surface area contributed by atoms with Crippen LogP contribution in [0.3, 0.4) is 0 Å². The fraction of sp³-hybridized carbons (Fsp3) is 0.278. The van der Waals surface area contributed by atoms with Gasteiger partial charge in [-0.2, -0.15) is 0 Å². The standard InChI is InChI=1S/C18H17ClN4O3/c19-14-9-13-15(17(21-14)26-10-11-5-4-8-20-11)16(24)22-18(25)23(13)12-6-2-1-3-7-12/h1-3,6-7,9,11,20H,4-5,8,10H2,(H,22,24,25)/t11-/m0/s1. The number of pyridine rings is 1. The maximum absolute atomic E-state index is 12.5. The number of nitrogens with zero attached hydrogens (tertiary/aromatic N) is 2. The molecule has 1 aliphatic rings. The second-order valence-corrected chi connectivity index (χ2v) is 6.57. The van der Waals surface area contributed by atoms with Gasteiger partial charge in [-0.25, -0.2) is 9.78 Å². The molecule has 2 aromatic heterocycles. The van der Waals surface area contributed by atoms with E-state index in [1.165, 1.54) is 10.6 Å². The normalized spacial score (nSPS) is 16.9. The molecule has 0 aliphatic carbocycles. The highest BCUT2D eigenvalue weighted by Crippen LogP contribution is 2.25. The third kappa shape index (κ3) is 3.11. The van der Waals surface area contributed by atoms with E-state index in [4.69, 9.17) is 16.3 Å². The van der Waals surface area contributed by atoms with Crippen LogP contribution in [0.15, 0.2) is 46.0 Å². The zero-order chi connectivity index (χ0) is 18.1. The summed E-state index contributed by atoms with van der Waals surface area (Å²) in [5.41, 5.74) is -0.112. The van der Waals surface area contributed by atoms with Crippen molar-refractivity contribution >= 4 is 22.5 Å². The van der Waals surface area contributed by atoms with Gasteiger partial charge in [0.2, 0.25) is 5.88 Å². The molecule has 4 rings (SSSR count). The Labute approximate surface area is 153 Å². The molecule has 3 heterocycles. The molecule has 0 spiro atoms. The fourth-order valence-electron chi connectivity index (χ4n) is 3.21. The van der Waals surface area contributed by atoms with Gasteiger partial charge in [0.1, 0.15) is 17.1 Å². The summed E-state index contributed by atoms with van der Waals surface area (Å²) < 4.78 is 7.20. The first-order valence-electron chi connectivity index (χ1n) is 8.40. The molecule has 1 fully saturated rings. The van der Waals surface area contributed by atoms with E-state index in [9.17, 15) is 9.59 Å². The van der Waals surface area contributed by atoms with E-state index in [2.05, 4.69) is 15.3 Å². The molecule has 7 nitrogen and oxygen atoms in total. The van der Waals surface area contributed by atoms with Crippen LogP contribution in [0.4, 0.5) is 0 Å². The molecular formula is C18H17ClN4O3. The van der Waals surface area contributed by atoms with Crippen LogP contribution < -0.4 is 21.3 Å². The van der Waals surface area contributed by atoms with Crippen LogP contribution in [0, 0.1) is 0 Å². The molecule has 1 saturated heterocycles. The van der Waals surface area contributed by atoms with Crippen molar-refractivity contribution in [2.24, 2.45) is 0 Å². The SMILES string of the molecule is O=c1[nH]c(=O)n(-c2ccccc2)c2cc(Cl)nc(OC[C@@H]3CCCN3)c12. The van der Waals surface area contributed by atoms with Crippen LogP contribution in [0.25, 0.3) is 16.6 Å². The number of halogens is 1. The molecule has 0 radical (unpaired) electrons. The third-order valence-corrected chi connectivity index (χ3v) is 4.62. The van der Waals surface area contributed by atoms with E-state index in [1.807, 2.05) is 18.2 Å².